The molecule has 1 atom stereocenters. The normalized spacial score (nSPS) is 19.0. The number of hydrogen-bond acceptors (Lipinski definition) is 4. The standard InChI is InChI=1S/C12H12BrClFNO4S/c1-20-7-2-3-16(6-7)12(17)8-4-11(21(14,18)19)9(13)5-10(8)15/h4-5,7H,2-3,6H2,1H3. The average Bonchev–Trinajstić information content (AvgIpc) is 2.85. The highest BCUT2D eigenvalue weighted by Crippen LogP contribution is 2.29. The summed E-state index contributed by atoms with van der Waals surface area (Å²) in [5.41, 5.74) is -0.325. The summed E-state index contributed by atoms with van der Waals surface area (Å²) in [5, 5.41) is 0. The smallest absolute Gasteiger partial charge is 0.262 e. The fourth-order valence-electron chi connectivity index (χ4n) is 2.16. The van der Waals surface area contributed by atoms with E-state index in [0.717, 1.165) is 12.1 Å². The van der Waals surface area contributed by atoms with Crippen LogP contribution in [0.4, 0.5) is 4.39 Å². The van der Waals surface area contributed by atoms with Gasteiger partial charge in [0.2, 0.25) is 0 Å². The summed E-state index contributed by atoms with van der Waals surface area (Å²) in [6.07, 6.45) is 0.560. The molecule has 0 aromatic heterocycles. The molecule has 0 bridgehead atoms. The Kier molecular flexibility index (Phi) is 4.92. The van der Waals surface area contributed by atoms with E-state index < -0.39 is 20.8 Å². The molecule has 1 fully saturated rings. The van der Waals surface area contributed by atoms with Gasteiger partial charge in [0.15, 0.2) is 0 Å². The zero-order valence-electron chi connectivity index (χ0n) is 11.0. The zero-order valence-corrected chi connectivity index (χ0v) is 14.1. The topological polar surface area (TPSA) is 63.7 Å². The molecule has 1 aliphatic rings. The maximum Gasteiger partial charge on any atom is 0.262 e. The summed E-state index contributed by atoms with van der Waals surface area (Å²) < 4.78 is 41.9. The van der Waals surface area contributed by atoms with E-state index in [9.17, 15) is 17.6 Å². The second-order valence-corrected chi connectivity index (χ2v) is 7.99. The van der Waals surface area contributed by atoms with Crippen molar-refractivity contribution < 1.29 is 22.3 Å². The molecule has 2 rings (SSSR count). The van der Waals surface area contributed by atoms with Gasteiger partial charge in [-0.25, -0.2) is 12.8 Å². The molecule has 5 nitrogen and oxygen atoms in total. The first kappa shape index (κ1) is 16.7. The minimum Gasteiger partial charge on any atom is -0.380 e. The molecular formula is C12H12BrClFNO4S. The SMILES string of the molecule is COC1CCN(C(=O)c2cc(S(=O)(=O)Cl)c(Br)cc2F)C1. The lowest BCUT2D eigenvalue weighted by molar-refractivity contribution is 0.0719. The quantitative estimate of drug-likeness (QED) is 0.731. The third kappa shape index (κ3) is 3.56. The van der Waals surface area contributed by atoms with E-state index in [-0.39, 0.29) is 21.0 Å². The molecule has 21 heavy (non-hydrogen) atoms. The first-order valence-corrected chi connectivity index (χ1v) is 9.10. The number of methoxy groups -OCH3 is 1. The van der Waals surface area contributed by atoms with Gasteiger partial charge in [-0.3, -0.25) is 4.79 Å². The Labute approximate surface area is 134 Å². The predicted octanol–water partition coefficient (Wildman–Crippen LogP) is 2.38. The van der Waals surface area contributed by atoms with Crippen molar-refractivity contribution in [3.8, 4) is 0 Å². The van der Waals surface area contributed by atoms with E-state index in [1.165, 1.54) is 12.0 Å². The molecular weight excluding hydrogens is 389 g/mol. The third-order valence-electron chi connectivity index (χ3n) is 3.28. The van der Waals surface area contributed by atoms with E-state index in [1.54, 1.807) is 0 Å². The molecule has 0 radical (unpaired) electrons. The van der Waals surface area contributed by atoms with Crippen LogP contribution in [-0.2, 0) is 13.8 Å². The first-order chi connectivity index (χ1) is 9.74. The van der Waals surface area contributed by atoms with Crippen LogP contribution in [0, 0.1) is 5.82 Å². The Balaban J connectivity index is 2.38. The molecule has 116 valence electrons. The number of likely N-dealkylation sites (tertiary alicyclic amines) is 1. The largest absolute Gasteiger partial charge is 0.380 e. The minimum atomic E-state index is -4.08. The molecule has 1 aromatic carbocycles. The van der Waals surface area contributed by atoms with Crippen molar-refractivity contribution in [3.63, 3.8) is 0 Å². The van der Waals surface area contributed by atoms with Crippen molar-refractivity contribution in [3.05, 3.63) is 28.0 Å². The molecule has 1 heterocycles. The van der Waals surface area contributed by atoms with Crippen molar-refractivity contribution in [1.82, 2.24) is 4.90 Å². The summed E-state index contributed by atoms with van der Waals surface area (Å²) in [4.78, 5) is 13.4. The molecule has 1 amide bonds. The maximum absolute atomic E-state index is 14.0. The Morgan fingerprint density at radius 1 is 1.52 bits per heavy atom. The van der Waals surface area contributed by atoms with Gasteiger partial charge in [-0.2, -0.15) is 0 Å². The van der Waals surface area contributed by atoms with E-state index in [1.807, 2.05) is 0 Å². The number of nitrogens with zero attached hydrogens (tertiary/aromatic N) is 1. The molecule has 1 aromatic rings. The number of carbonyl (C=O) groups excluding carboxylic acids is 1. The van der Waals surface area contributed by atoms with Crippen LogP contribution in [0.15, 0.2) is 21.5 Å². The van der Waals surface area contributed by atoms with Crippen LogP contribution < -0.4 is 0 Å². The second kappa shape index (κ2) is 6.20. The van der Waals surface area contributed by atoms with Gasteiger partial charge in [0, 0.05) is 35.4 Å². The maximum atomic E-state index is 14.0. The molecule has 1 unspecified atom stereocenters. The van der Waals surface area contributed by atoms with Gasteiger partial charge in [-0.05, 0) is 34.5 Å². The summed E-state index contributed by atoms with van der Waals surface area (Å²) in [5.74, 6) is -1.39. The number of carbonyl (C=O) groups is 1. The predicted molar refractivity (Wildman–Crippen MR) is 78.5 cm³/mol. The lowest BCUT2D eigenvalue weighted by Gasteiger charge is -2.17. The number of amides is 1. The van der Waals surface area contributed by atoms with E-state index in [4.69, 9.17) is 15.4 Å². The fraction of sp³-hybridized carbons (Fsp3) is 0.417. The van der Waals surface area contributed by atoms with Crippen LogP contribution in [0.2, 0.25) is 0 Å². The van der Waals surface area contributed by atoms with Crippen LogP contribution in [0.25, 0.3) is 0 Å². The number of rotatable bonds is 3. The molecule has 0 saturated carbocycles. The van der Waals surface area contributed by atoms with Crippen molar-refractivity contribution in [2.45, 2.75) is 17.4 Å². The lowest BCUT2D eigenvalue weighted by Crippen LogP contribution is -2.30. The van der Waals surface area contributed by atoms with Crippen molar-refractivity contribution >= 4 is 41.6 Å². The Hall–Kier alpha value is -0.700. The van der Waals surface area contributed by atoms with Crippen LogP contribution in [-0.4, -0.2) is 45.5 Å². The molecule has 1 aliphatic heterocycles. The minimum absolute atomic E-state index is 0.0252. The third-order valence-corrected chi connectivity index (χ3v) is 5.56. The van der Waals surface area contributed by atoms with Crippen LogP contribution in [0.3, 0.4) is 0 Å². The molecule has 1 saturated heterocycles. The van der Waals surface area contributed by atoms with E-state index in [0.29, 0.717) is 19.5 Å². The van der Waals surface area contributed by atoms with Gasteiger partial charge in [0.25, 0.3) is 15.0 Å². The Morgan fingerprint density at radius 3 is 2.71 bits per heavy atom. The second-order valence-electron chi connectivity index (χ2n) is 4.60. The van der Waals surface area contributed by atoms with Crippen molar-refractivity contribution in [1.29, 1.82) is 0 Å². The number of benzene rings is 1. The van der Waals surface area contributed by atoms with Crippen molar-refractivity contribution in [2.24, 2.45) is 0 Å². The molecule has 0 N–H and O–H groups in total. The summed E-state index contributed by atoms with van der Waals surface area (Å²) in [6.45, 7) is 0.767. The number of hydrogen-bond donors (Lipinski definition) is 0. The highest BCUT2D eigenvalue weighted by atomic mass is 79.9. The summed E-state index contributed by atoms with van der Waals surface area (Å²) >= 11 is 2.92. The van der Waals surface area contributed by atoms with Crippen molar-refractivity contribution in [2.75, 3.05) is 20.2 Å². The van der Waals surface area contributed by atoms with Crippen LogP contribution in [0.1, 0.15) is 16.8 Å². The van der Waals surface area contributed by atoms with Gasteiger partial charge in [0.05, 0.1) is 16.6 Å². The van der Waals surface area contributed by atoms with Gasteiger partial charge in [0.1, 0.15) is 5.82 Å². The highest BCUT2D eigenvalue weighted by molar-refractivity contribution is 9.10. The summed E-state index contributed by atoms with van der Waals surface area (Å²) in [6, 6.07) is 1.87. The molecule has 0 spiro atoms. The van der Waals surface area contributed by atoms with E-state index in [2.05, 4.69) is 15.9 Å². The summed E-state index contributed by atoms with van der Waals surface area (Å²) in [7, 11) is 2.73. The molecule has 0 aliphatic carbocycles. The number of ether oxygens (including phenoxy) is 1. The zero-order chi connectivity index (χ0) is 15.8. The van der Waals surface area contributed by atoms with E-state index >= 15 is 0 Å². The van der Waals surface area contributed by atoms with Gasteiger partial charge in [-0.15, -0.1) is 0 Å². The Bertz CT molecular complexity index is 682. The highest BCUT2D eigenvalue weighted by Gasteiger charge is 2.30. The number of halogens is 3. The van der Waals surface area contributed by atoms with Gasteiger partial charge >= 0.3 is 0 Å². The van der Waals surface area contributed by atoms with Crippen LogP contribution >= 0.6 is 26.6 Å². The van der Waals surface area contributed by atoms with Crippen LogP contribution in [0.5, 0.6) is 0 Å². The monoisotopic (exact) mass is 399 g/mol. The Morgan fingerprint density at radius 2 is 2.19 bits per heavy atom. The lowest BCUT2D eigenvalue weighted by atomic mass is 10.2. The fourth-order valence-corrected chi connectivity index (χ4v) is 4.32. The molecule has 9 heteroatoms. The first-order valence-electron chi connectivity index (χ1n) is 6.00. The van der Waals surface area contributed by atoms with Gasteiger partial charge < -0.3 is 9.64 Å². The van der Waals surface area contributed by atoms with Gasteiger partial charge in [-0.1, -0.05) is 0 Å². The average molecular weight is 401 g/mol.